The molecule has 0 atom stereocenters. The van der Waals surface area contributed by atoms with Crippen LogP contribution in [-0.4, -0.2) is 21.9 Å². The van der Waals surface area contributed by atoms with E-state index in [1.165, 1.54) is 0 Å². The Morgan fingerprint density at radius 2 is 2.30 bits per heavy atom. The van der Waals surface area contributed by atoms with E-state index in [4.69, 9.17) is 9.52 Å². The summed E-state index contributed by atoms with van der Waals surface area (Å²) in [5.41, 5.74) is 0. The molecule has 4 nitrogen and oxygen atoms in total. The smallest absolute Gasteiger partial charge is 0.216 e. The van der Waals surface area contributed by atoms with Crippen LogP contribution < -0.4 is 0 Å². The Labute approximate surface area is 58.9 Å². The topological polar surface area (TPSA) is 59.2 Å². The second-order valence-corrected chi connectivity index (χ2v) is 2.04. The van der Waals surface area contributed by atoms with Crippen LogP contribution in [0.25, 0.3) is 0 Å². The molecule has 0 aliphatic heterocycles. The van der Waals surface area contributed by atoms with E-state index in [2.05, 4.69) is 10.2 Å². The van der Waals surface area contributed by atoms with Crippen LogP contribution >= 0.6 is 0 Å². The van der Waals surface area contributed by atoms with Crippen molar-refractivity contribution in [2.45, 2.75) is 19.8 Å². The van der Waals surface area contributed by atoms with Gasteiger partial charge in [-0.2, -0.15) is 0 Å². The average Bonchev–Trinajstić information content (AvgIpc) is 2.31. The van der Waals surface area contributed by atoms with E-state index in [1.54, 1.807) is 6.92 Å². The van der Waals surface area contributed by atoms with Crippen LogP contribution in [0.2, 0.25) is 0 Å². The molecule has 1 aromatic heterocycles. The van der Waals surface area contributed by atoms with Crippen molar-refractivity contribution in [3.8, 4) is 0 Å². The Hall–Kier alpha value is -0.900. The number of hydrogen-bond acceptors (Lipinski definition) is 4. The SMILES string of the molecule is Cc1nnc(CCCO)o1. The van der Waals surface area contributed by atoms with Gasteiger partial charge in [-0.1, -0.05) is 0 Å². The molecule has 10 heavy (non-hydrogen) atoms. The molecule has 0 radical (unpaired) electrons. The zero-order chi connectivity index (χ0) is 7.40. The van der Waals surface area contributed by atoms with Gasteiger partial charge in [0, 0.05) is 20.0 Å². The van der Waals surface area contributed by atoms with Gasteiger partial charge in [-0.3, -0.25) is 0 Å². The molecular formula is C6H10N2O2. The van der Waals surface area contributed by atoms with Crippen molar-refractivity contribution < 1.29 is 9.52 Å². The molecule has 1 heterocycles. The van der Waals surface area contributed by atoms with Crippen LogP contribution in [0.4, 0.5) is 0 Å². The summed E-state index contributed by atoms with van der Waals surface area (Å²) in [5.74, 6) is 1.18. The molecule has 0 aliphatic rings. The van der Waals surface area contributed by atoms with Crippen LogP contribution in [0.5, 0.6) is 0 Å². The normalized spacial score (nSPS) is 10.2. The van der Waals surface area contributed by atoms with Gasteiger partial charge >= 0.3 is 0 Å². The molecule has 0 spiro atoms. The lowest BCUT2D eigenvalue weighted by molar-refractivity contribution is 0.282. The number of rotatable bonds is 3. The van der Waals surface area contributed by atoms with Crippen LogP contribution in [0.1, 0.15) is 18.2 Å². The third kappa shape index (κ3) is 1.80. The average molecular weight is 142 g/mol. The minimum Gasteiger partial charge on any atom is -0.426 e. The molecular weight excluding hydrogens is 132 g/mol. The zero-order valence-electron chi connectivity index (χ0n) is 5.87. The maximum absolute atomic E-state index is 8.44. The summed E-state index contributed by atoms with van der Waals surface area (Å²) in [5, 5.41) is 15.8. The number of aryl methyl sites for hydroxylation is 2. The molecule has 1 aromatic rings. The van der Waals surface area contributed by atoms with Gasteiger partial charge in [0.05, 0.1) is 0 Å². The Kier molecular flexibility index (Phi) is 2.39. The van der Waals surface area contributed by atoms with Gasteiger partial charge in [0.15, 0.2) is 0 Å². The maximum Gasteiger partial charge on any atom is 0.216 e. The number of nitrogens with zero attached hydrogens (tertiary/aromatic N) is 2. The monoisotopic (exact) mass is 142 g/mol. The minimum absolute atomic E-state index is 0.168. The molecule has 0 unspecified atom stereocenters. The fourth-order valence-electron chi connectivity index (χ4n) is 0.669. The zero-order valence-corrected chi connectivity index (χ0v) is 5.87. The predicted octanol–water partition coefficient (Wildman–Crippen LogP) is 0.303. The van der Waals surface area contributed by atoms with Crippen LogP contribution in [0.3, 0.4) is 0 Å². The van der Waals surface area contributed by atoms with E-state index in [1.807, 2.05) is 0 Å². The van der Waals surface area contributed by atoms with Crippen LogP contribution in [0.15, 0.2) is 4.42 Å². The van der Waals surface area contributed by atoms with E-state index < -0.39 is 0 Å². The lowest BCUT2D eigenvalue weighted by Gasteiger charge is -1.87. The van der Waals surface area contributed by atoms with Gasteiger partial charge in [-0.15, -0.1) is 10.2 Å². The van der Waals surface area contributed by atoms with E-state index in [0.717, 1.165) is 0 Å². The Morgan fingerprint density at radius 1 is 1.50 bits per heavy atom. The molecule has 0 fully saturated rings. The van der Waals surface area contributed by atoms with Crippen molar-refractivity contribution in [1.82, 2.24) is 10.2 Å². The van der Waals surface area contributed by atoms with Gasteiger partial charge in [0.2, 0.25) is 11.8 Å². The second-order valence-electron chi connectivity index (χ2n) is 2.04. The van der Waals surface area contributed by atoms with E-state index in [9.17, 15) is 0 Å². The summed E-state index contributed by atoms with van der Waals surface area (Å²) in [6.07, 6.45) is 1.35. The summed E-state index contributed by atoms with van der Waals surface area (Å²) in [4.78, 5) is 0. The van der Waals surface area contributed by atoms with Gasteiger partial charge in [-0.25, -0.2) is 0 Å². The summed E-state index contributed by atoms with van der Waals surface area (Å²) >= 11 is 0. The fraction of sp³-hybridized carbons (Fsp3) is 0.667. The second kappa shape index (κ2) is 3.31. The minimum atomic E-state index is 0.168. The third-order valence-electron chi connectivity index (χ3n) is 1.12. The largest absolute Gasteiger partial charge is 0.426 e. The first kappa shape index (κ1) is 7.21. The van der Waals surface area contributed by atoms with Crippen molar-refractivity contribution in [1.29, 1.82) is 0 Å². The Balaban J connectivity index is 2.42. The van der Waals surface area contributed by atoms with Gasteiger partial charge in [0.25, 0.3) is 0 Å². The van der Waals surface area contributed by atoms with Crippen LogP contribution in [-0.2, 0) is 6.42 Å². The van der Waals surface area contributed by atoms with Gasteiger partial charge in [0.1, 0.15) is 0 Å². The summed E-state index contributed by atoms with van der Waals surface area (Å²) in [7, 11) is 0. The maximum atomic E-state index is 8.44. The third-order valence-corrected chi connectivity index (χ3v) is 1.12. The van der Waals surface area contributed by atoms with E-state index >= 15 is 0 Å². The molecule has 1 rings (SSSR count). The first-order valence-electron chi connectivity index (χ1n) is 3.23. The standard InChI is InChI=1S/C6H10N2O2/c1-5-7-8-6(10-5)3-2-4-9/h9H,2-4H2,1H3. The van der Waals surface area contributed by atoms with Crippen molar-refractivity contribution in [3.63, 3.8) is 0 Å². The van der Waals surface area contributed by atoms with Crippen molar-refractivity contribution in [2.24, 2.45) is 0 Å². The lowest BCUT2D eigenvalue weighted by Crippen LogP contribution is -1.88. The van der Waals surface area contributed by atoms with Gasteiger partial charge < -0.3 is 9.52 Å². The number of hydrogen-bond donors (Lipinski definition) is 1. The summed E-state index contributed by atoms with van der Waals surface area (Å²) in [6.45, 7) is 1.91. The predicted molar refractivity (Wildman–Crippen MR) is 34.4 cm³/mol. The first-order valence-corrected chi connectivity index (χ1v) is 3.23. The molecule has 0 bridgehead atoms. The number of aliphatic hydroxyl groups excluding tert-OH is 1. The highest BCUT2D eigenvalue weighted by Crippen LogP contribution is 1.99. The fourth-order valence-corrected chi connectivity index (χ4v) is 0.669. The first-order chi connectivity index (χ1) is 4.83. The molecule has 0 saturated heterocycles. The molecule has 4 heteroatoms. The molecule has 0 saturated carbocycles. The summed E-state index contributed by atoms with van der Waals surface area (Å²) in [6, 6.07) is 0. The molecule has 1 N–H and O–H groups in total. The highest BCUT2D eigenvalue weighted by molar-refractivity contribution is 4.78. The van der Waals surface area contributed by atoms with Crippen molar-refractivity contribution >= 4 is 0 Å². The molecule has 0 amide bonds. The van der Waals surface area contributed by atoms with E-state index in [-0.39, 0.29) is 6.61 Å². The van der Waals surface area contributed by atoms with Gasteiger partial charge in [-0.05, 0) is 6.42 Å². The van der Waals surface area contributed by atoms with E-state index in [0.29, 0.717) is 24.6 Å². The lowest BCUT2D eigenvalue weighted by atomic mass is 10.3. The number of aliphatic hydroxyl groups is 1. The molecule has 56 valence electrons. The quantitative estimate of drug-likeness (QED) is 0.659. The number of aromatic nitrogens is 2. The highest BCUT2D eigenvalue weighted by Gasteiger charge is 1.99. The molecule has 0 aliphatic carbocycles. The molecule has 0 aromatic carbocycles. The Bertz CT molecular complexity index is 197. The Morgan fingerprint density at radius 3 is 2.80 bits per heavy atom. The van der Waals surface area contributed by atoms with Crippen molar-refractivity contribution in [3.05, 3.63) is 11.8 Å². The van der Waals surface area contributed by atoms with Crippen LogP contribution in [0, 0.1) is 6.92 Å². The van der Waals surface area contributed by atoms with Crippen molar-refractivity contribution in [2.75, 3.05) is 6.61 Å². The highest BCUT2D eigenvalue weighted by atomic mass is 16.4. The summed E-state index contributed by atoms with van der Waals surface area (Å²) < 4.78 is 5.05.